The molecule has 0 spiro atoms. The number of nitrogens with one attached hydrogen (secondary N) is 1. The second-order valence-electron chi connectivity index (χ2n) is 4.68. The minimum absolute atomic E-state index is 0.180. The lowest BCUT2D eigenvalue weighted by molar-refractivity contribution is 0.287. The van der Waals surface area contributed by atoms with Gasteiger partial charge in [-0.2, -0.15) is 0 Å². The fourth-order valence-corrected chi connectivity index (χ4v) is 3.52. The summed E-state index contributed by atoms with van der Waals surface area (Å²) >= 11 is 4.96. The molecule has 0 aromatic carbocycles. The van der Waals surface area contributed by atoms with Gasteiger partial charge in [0.2, 0.25) is 5.95 Å². The third kappa shape index (κ3) is 5.67. The molecule has 0 saturated carbocycles. The summed E-state index contributed by atoms with van der Waals surface area (Å²) in [4.78, 5) is 12.3. The summed E-state index contributed by atoms with van der Waals surface area (Å²) in [6, 6.07) is 2.84. The van der Waals surface area contributed by atoms with Gasteiger partial charge in [-0.1, -0.05) is 0 Å². The van der Waals surface area contributed by atoms with Gasteiger partial charge in [-0.25, -0.2) is 28.5 Å². The number of hydrogen-bond donors (Lipinski definition) is 3. The zero-order valence-corrected chi connectivity index (χ0v) is 15.7. The van der Waals surface area contributed by atoms with E-state index in [1.165, 1.54) is 18.3 Å². The molecular weight excluding hydrogens is 418 g/mol. The van der Waals surface area contributed by atoms with Crippen molar-refractivity contribution in [2.45, 2.75) is 22.9 Å². The lowest BCUT2D eigenvalue weighted by atomic mass is 10.4. The highest BCUT2D eigenvalue weighted by atomic mass is 79.9. The summed E-state index contributed by atoms with van der Waals surface area (Å²) in [6.07, 6.45) is 4.62. The summed E-state index contributed by atoms with van der Waals surface area (Å²) in [7, 11) is -3.82. The Morgan fingerprint density at radius 2 is 2.04 bits per heavy atom. The van der Waals surface area contributed by atoms with Crippen LogP contribution in [0.5, 0.6) is 0 Å². The van der Waals surface area contributed by atoms with Crippen molar-refractivity contribution in [3.8, 4) is 0 Å². The maximum absolute atomic E-state index is 11.2. The Morgan fingerprint density at radius 3 is 2.67 bits per heavy atom. The van der Waals surface area contributed by atoms with Gasteiger partial charge in [-0.05, 0) is 46.7 Å². The van der Waals surface area contributed by atoms with E-state index in [-0.39, 0.29) is 11.6 Å². The number of unbranched alkanes of at least 4 members (excludes halogenated alkanes) is 1. The van der Waals surface area contributed by atoms with Crippen molar-refractivity contribution in [3.05, 3.63) is 29.0 Å². The van der Waals surface area contributed by atoms with Crippen LogP contribution in [-0.2, 0) is 10.0 Å². The van der Waals surface area contributed by atoms with Gasteiger partial charge >= 0.3 is 0 Å². The maximum Gasteiger partial charge on any atom is 0.255 e. The van der Waals surface area contributed by atoms with Gasteiger partial charge in [0.25, 0.3) is 10.0 Å². The molecule has 11 heteroatoms. The summed E-state index contributed by atoms with van der Waals surface area (Å²) in [5.74, 6) is 1.20. The van der Waals surface area contributed by atoms with E-state index >= 15 is 0 Å². The molecule has 0 aliphatic heterocycles. The van der Waals surface area contributed by atoms with Gasteiger partial charge in [0.1, 0.15) is 5.03 Å². The molecule has 0 amide bonds. The molecule has 2 aromatic heterocycles. The molecule has 24 heavy (non-hydrogen) atoms. The van der Waals surface area contributed by atoms with Crippen LogP contribution in [0.15, 0.2) is 39.1 Å². The van der Waals surface area contributed by atoms with Crippen LogP contribution in [0.3, 0.4) is 0 Å². The van der Waals surface area contributed by atoms with Crippen LogP contribution in [0.4, 0.5) is 11.6 Å². The fraction of sp³-hybridized carbons (Fsp3) is 0.308. The number of sulfonamides is 1. The molecule has 8 nitrogen and oxygen atoms in total. The Hall–Kier alpha value is -1.27. The summed E-state index contributed by atoms with van der Waals surface area (Å²) in [6.45, 7) is 0.180. The van der Waals surface area contributed by atoms with Gasteiger partial charge in [-0.15, -0.1) is 11.8 Å². The smallest absolute Gasteiger partial charge is 0.255 e. The molecule has 0 saturated heterocycles. The van der Waals surface area contributed by atoms with E-state index in [0.717, 1.165) is 28.1 Å². The lowest BCUT2D eigenvalue weighted by Crippen LogP contribution is -2.13. The van der Waals surface area contributed by atoms with E-state index in [9.17, 15) is 8.42 Å². The number of nitrogens with zero attached hydrogens (tertiary/aromatic N) is 3. The highest BCUT2D eigenvalue weighted by Crippen LogP contribution is 2.27. The molecule has 4 N–H and O–H groups in total. The van der Waals surface area contributed by atoms with Crippen LogP contribution >= 0.6 is 27.7 Å². The summed E-state index contributed by atoms with van der Waals surface area (Å²) in [5, 5.41) is 17.3. The van der Waals surface area contributed by atoms with Gasteiger partial charge in [0.15, 0.2) is 5.03 Å². The van der Waals surface area contributed by atoms with Crippen molar-refractivity contribution in [1.29, 1.82) is 0 Å². The number of pyridine rings is 1. The highest BCUT2D eigenvalue weighted by Gasteiger charge is 2.10. The van der Waals surface area contributed by atoms with Crippen molar-refractivity contribution in [2.24, 2.45) is 5.14 Å². The molecule has 0 aliphatic carbocycles. The third-order valence-electron chi connectivity index (χ3n) is 2.79. The first kappa shape index (κ1) is 19.1. The maximum atomic E-state index is 11.2. The van der Waals surface area contributed by atoms with Crippen molar-refractivity contribution in [2.75, 3.05) is 17.7 Å². The molecular formula is C13H16BrN5O3S2. The molecule has 0 fully saturated rings. The van der Waals surface area contributed by atoms with E-state index in [1.54, 1.807) is 18.0 Å². The van der Waals surface area contributed by atoms with Crippen LogP contribution < -0.4 is 10.5 Å². The molecule has 2 rings (SSSR count). The minimum atomic E-state index is -3.82. The Balaban J connectivity index is 2.07. The largest absolute Gasteiger partial charge is 0.396 e. The monoisotopic (exact) mass is 433 g/mol. The van der Waals surface area contributed by atoms with Crippen molar-refractivity contribution in [1.82, 2.24) is 15.0 Å². The summed E-state index contributed by atoms with van der Waals surface area (Å²) < 4.78 is 23.1. The van der Waals surface area contributed by atoms with Crippen LogP contribution in [0, 0.1) is 0 Å². The predicted octanol–water partition coefficient (Wildman–Crippen LogP) is 1.89. The van der Waals surface area contributed by atoms with E-state index < -0.39 is 10.0 Å². The van der Waals surface area contributed by atoms with E-state index in [4.69, 9.17) is 10.2 Å². The average molecular weight is 434 g/mol. The molecule has 2 heterocycles. The standard InChI is InChI=1S/C13H16BrN5O3S2/c14-10-8-17-13(19-12(10)23-6-2-1-5-20)18-9-3-4-11(16-7-9)24(15,21)22/h3-4,7-8,20H,1-2,5-6H2,(H2,15,21,22)(H,17,18,19). The number of primary sulfonamides is 1. The van der Waals surface area contributed by atoms with Crippen molar-refractivity contribution < 1.29 is 13.5 Å². The fourth-order valence-electron chi connectivity index (χ4n) is 1.65. The number of hydrogen-bond acceptors (Lipinski definition) is 8. The molecule has 130 valence electrons. The molecule has 2 aromatic rings. The Morgan fingerprint density at radius 1 is 1.25 bits per heavy atom. The molecule has 0 radical (unpaired) electrons. The molecule has 0 aliphatic rings. The first-order valence-corrected chi connectivity index (χ1v) is 10.2. The highest BCUT2D eigenvalue weighted by molar-refractivity contribution is 9.10. The minimum Gasteiger partial charge on any atom is -0.396 e. The zero-order chi connectivity index (χ0) is 17.6. The number of nitrogens with two attached hydrogens (primary N) is 1. The van der Waals surface area contributed by atoms with Gasteiger partial charge in [-0.3, -0.25) is 0 Å². The number of rotatable bonds is 8. The molecule has 0 atom stereocenters. The Kier molecular flexibility index (Phi) is 6.92. The number of thioether (sulfide) groups is 1. The number of aliphatic hydroxyl groups excluding tert-OH is 1. The normalized spacial score (nSPS) is 11.5. The number of aliphatic hydroxyl groups is 1. The van der Waals surface area contributed by atoms with Crippen LogP contribution in [0.25, 0.3) is 0 Å². The van der Waals surface area contributed by atoms with E-state index in [2.05, 4.69) is 36.2 Å². The van der Waals surface area contributed by atoms with Crippen LogP contribution in [0.2, 0.25) is 0 Å². The third-order valence-corrected chi connectivity index (χ3v) is 5.53. The van der Waals surface area contributed by atoms with Gasteiger partial charge < -0.3 is 10.4 Å². The van der Waals surface area contributed by atoms with E-state index in [0.29, 0.717) is 11.6 Å². The van der Waals surface area contributed by atoms with Gasteiger partial charge in [0.05, 0.1) is 16.4 Å². The molecule has 0 bridgehead atoms. The predicted molar refractivity (Wildman–Crippen MR) is 95.7 cm³/mol. The van der Waals surface area contributed by atoms with Crippen molar-refractivity contribution >= 4 is 49.4 Å². The van der Waals surface area contributed by atoms with E-state index in [1.807, 2.05) is 0 Å². The van der Waals surface area contributed by atoms with Crippen LogP contribution in [0.1, 0.15) is 12.8 Å². The van der Waals surface area contributed by atoms with Crippen molar-refractivity contribution in [3.63, 3.8) is 0 Å². The summed E-state index contributed by atoms with van der Waals surface area (Å²) in [5.41, 5.74) is 0.543. The average Bonchev–Trinajstić information content (AvgIpc) is 2.54. The zero-order valence-electron chi connectivity index (χ0n) is 12.5. The number of halogens is 1. The van der Waals surface area contributed by atoms with Gasteiger partial charge in [0, 0.05) is 12.8 Å². The molecule has 0 unspecified atom stereocenters. The number of aromatic nitrogens is 3. The number of anilines is 2. The second-order valence-corrected chi connectivity index (χ2v) is 8.13. The quantitative estimate of drug-likeness (QED) is 0.326. The van der Waals surface area contributed by atoms with Crippen LogP contribution in [-0.4, -0.2) is 40.8 Å². The SMILES string of the molecule is NS(=O)(=O)c1ccc(Nc2ncc(Br)c(SCCCCO)n2)cn1. The first-order chi connectivity index (χ1) is 11.4. The first-order valence-electron chi connectivity index (χ1n) is 6.92. The topological polar surface area (TPSA) is 131 Å². The second kappa shape index (κ2) is 8.72. The lowest BCUT2D eigenvalue weighted by Gasteiger charge is -2.08. The Labute approximate surface area is 152 Å². The Bertz CT molecular complexity index is 787.